The number of phenols is 2. The number of carboxylic acid groups (broad SMARTS) is 1. The van der Waals surface area contributed by atoms with Crippen molar-refractivity contribution in [1.82, 2.24) is 10.6 Å². The Labute approximate surface area is 449 Å². The molecule has 3 unspecified atom stereocenters. The van der Waals surface area contributed by atoms with Crippen LogP contribution in [0.1, 0.15) is 72.8 Å². The van der Waals surface area contributed by atoms with Gasteiger partial charge in [-0.15, -0.1) is 11.8 Å². The van der Waals surface area contributed by atoms with E-state index in [0.29, 0.717) is 26.2 Å². The zero-order valence-electron chi connectivity index (χ0n) is 40.5. The molecule has 378 valence electrons. The first-order valence-corrected chi connectivity index (χ1v) is 27.5. The van der Waals surface area contributed by atoms with E-state index >= 15 is 0 Å². The van der Waals surface area contributed by atoms with Gasteiger partial charge in [0.05, 0.1) is 22.8 Å². The van der Waals surface area contributed by atoms with Crippen molar-refractivity contribution >= 4 is 74.0 Å². The number of hydrogen-bond acceptors (Lipinski definition) is 13. The van der Waals surface area contributed by atoms with Crippen molar-refractivity contribution < 1.29 is 48.6 Å². The number of rotatable bonds is 16. The number of amidine groups is 1. The average molecular weight is 1140 g/mol. The van der Waals surface area contributed by atoms with E-state index in [1.54, 1.807) is 5.41 Å². The SMILES string of the molecule is CC(C)(C)[N+]12C(=O)[C@@H](NC(=O)CC3=C/S(=N/OC(C(=O)OC(c4ccccc4)c4ccccc4)c4ccc(O)c(O)c4)C(NC(c4ccccc4)(c4ccccc4)c4ccccc4)=N3)[C@H]1CSC(CI)=C2C(=O)[O-]. The maximum absolute atomic E-state index is 14.7. The second-order valence-corrected chi connectivity index (χ2v) is 22.1. The molecular weight excluding hydrogens is 1090 g/mol. The number of quaternary nitrogens is 1. The zero-order valence-corrected chi connectivity index (χ0v) is 44.3. The van der Waals surface area contributed by atoms with Crippen LogP contribution in [0.25, 0.3) is 0 Å². The van der Waals surface area contributed by atoms with E-state index in [1.165, 1.54) is 30.0 Å². The van der Waals surface area contributed by atoms with Gasteiger partial charge in [-0.2, -0.15) is 0 Å². The van der Waals surface area contributed by atoms with Crippen LogP contribution in [0.3, 0.4) is 0 Å². The molecule has 9 rings (SSSR count). The lowest BCUT2D eigenvalue weighted by Gasteiger charge is -2.62. The molecular formula is C57H52IN5O9S2. The standard InChI is InChI=1S/C57H52IN5O9S2/c1-56(2,3)63-43(34-73-46(33-58)49(63)53(68)69)48(52(63)67)60-47(66)32-42-35-74(55(59-42)61-57(39-23-13-6-14-24-39,40-25-15-7-16-26-40)41-27-17-8-18-28-41)62-72-51(38-29-30-44(64)45(65)31-38)54(70)71-50(36-19-9-4-10-20-36)37-21-11-5-12-22-37/h4-31,35,43,48,50-51H,32-34H2,1-3H3,(H4-,59,60,61,64,65,66,68,69)/t43-,48+,51?,63?,74?/m1/s1. The Balaban J connectivity index is 1.11. The Kier molecular flexibility index (Phi) is 15.4. The molecule has 1 fully saturated rings. The Morgan fingerprint density at radius 1 is 0.797 bits per heavy atom. The van der Waals surface area contributed by atoms with Crippen LogP contribution in [-0.4, -0.2) is 71.4 Å². The molecule has 3 heterocycles. The molecule has 6 aromatic carbocycles. The number of nitrogens with zero attached hydrogens (tertiary/aromatic N) is 3. The third-order valence-electron chi connectivity index (χ3n) is 13.4. The Hall–Kier alpha value is -6.90. The first-order valence-electron chi connectivity index (χ1n) is 23.7. The van der Waals surface area contributed by atoms with Gasteiger partial charge in [-0.05, 0) is 66.3 Å². The van der Waals surface area contributed by atoms with Gasteiger partial charge >= 0.3 is 11.9 Å². The molecule has 0 spiro atoms. The van der Waals surface area contributed by atoms with E-state index < -0.39 is 85.8 Å². The summed E-state index contributed by atoms with van der Waals surface area (Å²) < 4.78 is 10.9. The van der Waals surface area contributed by atoms with E-state index in [9.17, 15) is 34.5 Å². The number of nitrogens with one attached hydrogen (secondary N) is 2. The summed E-state index contributed by atoms with van der Waals surface area (Å²) in [5, 5.41) is 42.4. The molecule has 1 saturated heterocycles. The van der Waals surface area contributed by atoms with Crippen molar-refractivity contribution in [1.29, 1.82) is 0 Å². The first kappa shape index (κ1) is 52.0. The summed E-state index contributed by atoms with van der Waals surface area (Å²) in [4.78, 5) is 68.1. The highest BCUT2D eigenvalue weighted by Crippen LogP contribution is 2.52. The number of carbonyl (C=O) groups excluding carboxylic acids is 4. The fraction of sp³-hybridized carbons (Fsp3) is 0.211. The second kappa shape index (κ2) is 21.9. The molecule has 0 saturated carbocycles. The van der Waals surface area contributed by atoms with Crippen LogP contribution in [-0.2, 0) is 45.0 Å². The number of β-lactam (4-membered cyclic amide) rings is 1. The fourth-order valence-corrected chi connectivity index (χ4v) is 13.6. The van der Waals surface area contributed by atoms with Crippen molar-refractivity contribution in [2.45, 2.75) is 62.6 Å². The summed E-state index contributed by atoms with van der Waals surface area (Å²) in [5.41, 5.74) is 2.24. The molecule has 14 nitrogen and oxygen atoms in total. The molecule has 0 radical (unpaired) electrons. The number of ether oxygens (including phenoxy) is 1. The minimum atomic E-state index is -1.60. The molecule has 0 bridgehead atoms. The summed E-state index contributed by atoms with van der Waals surface area (Å²) in [6.07, 6.45) is -2.78. The number of aliphatic imine (C=N–C) groups is 1. The molecule has 5 atom stereocenters. The first-order chi connectivity index (χ1) is 35.7. The molecule has 2 amide bonds. The number of benzene rings is 6. The molecule has 4 N–H and O–H groups in total. The topological polar surface area (TPSA) is 199 Å². The van der Waals surface area contributed by atoms with Gasteiger partial charge in [-0.25, -0.2) is 23.9 Å². The normalized spacial score (nSPS) is 20.0. The van der Waals surface area contributed by atoms with Crippen LogP contribution < -0.4 is 15.7 Å². The maximum atomic E-state index is 14.7. The maximum Gasteiger partial charge on any atom is 0.348 e. The smallest absolute Gasteiger partial charge is 0.348 e. The Morgan fingerprint density at radius 3 is 1.81 bits per heavy atom. The molecule has 3 aliphatic heterocycles. The van der Waals surface area contributed by atoms with E-state index in [-0.39, 0.29) is 28.5 Å². The van der Waals surface area contributed by atoms with Crippen LogP contribution >= 0.6 is 34.4 Å². The number of carboxylic acids is 1. The Morgan fingerprint density at radius 2 is 1.32 bits per heavy atom. The fourth-order valence-electron chi connectivity index (χ4n) is 10.0. The largest absolute Gasteiger partial charge is 0.540 e. The van der Waals surface area contributed by atoms with Crippen molar-refractivity contribution in [3.63, 3.8) is 0 Å². The van der Waals surface area contributed by atoms with Crippen LogP contribution in [0.4, 0.5) is 0 Å². The number of hydrogen-bond donors (Lipinski definition) is 4. The van der Waals surface area contributed by atoms with Crippen molar-refractivity contribution in [2.24, 2.45) is 9.52 Å². The van der Waals surface area contributed by atoms with Crippen molar-refractivity contribution in [3.05, 3.63) is 225 Å². The number of phenolic OH excluding ortho intramolecular Hbond substituents is 2. The monoisotopic (exact) mass is 1140 g/mol. The second-order valence-electron chi connectivity index (χ2n) is 18.8. The van der Waals surface area contributed by atoms with E-state index in [1.807, 2.05) is 172 Å². The number of carbonyl (C=O) groups is 4. The summed E-state index contributed by atoms with van der Waals surface area (Å²) in [7, 11) is -1.50. The number of fused-ring (bicyclic) bond motifs is 1. The lowest BCUT2D eigenvalue weighted by molar-refractivity contribution is -0.913. The number of esters is 1. The van der Waals surface area contributed by atoms with Gasteiger partial charge in [0.15, 0.2) is 34.5 Å². The number of halogens is 1. The summed E-state index contributed by atoms with van der Waals surface area (Å²) in [5.74, 6) is -3.76. The predicted molar refractivity (Wildman–Crippen MR) is 291 cm³/mol. The van der Waals surface area contributed by atoms with Crippen molar-refractivity contribution in [3.8, 4) is 11.5 Å². The van der Waals surface area contributed by atoms with E-state index in [0.717, 1.165) is 16.7 Å². The van der Waals surface area contributed by atoms with Crippen LogP contribution in [0.15, 0.2) is 201 Å². The predicted octanol–water partition coefficient (Wildman–Crippen LogP) is 8.54. The highest BCUT2D eigenvalue weighted by atomic mass is 127. The molecule has 3 aliphatic rings. The number of amides is 2. The summed E-state index contributed by atoms with van der Waals surface area (Å²) >= 11 is 3.46. The van der Waals surface area contributed by atoms with Crippen LogP contribution in [0, 0.1) is 0 Å². The van der Waals surface area contributed by atoms with Gasteiger partial charge in [0.1, 0.15) is 23.1 Å². The molecule has 74 heavy (non-hydrogen) atoms. The zero-order chi connectivity index (χ0) is 52.2. The third-order valence-corrected chi connectivity index (χ3v) is 17.2. The summed E-state index contributed by atoms with van der Waals surface area (Å²) in [6, 6.07) is 50.1. The average Bonchev–Trinajstić information content (AvgIpc) is 3.79. The highest BCUT2D eigenvalue weighted by molar-refractivity contribution is 14.1. The van der Waals surface area contributed by atoms with Gasteiger partial charge in [0, 0.05) is 20.5 Å². The molecule has 6 aromatic rings. The minimum absolute atomic E-state index is 0.0628. The van der Waals surface area contributed by atoms with E-state index in [4.69, 9.17) is 19.1 Å². The molecule has 0 aliphatic carbocycles. The number of allylic oxidation sites excluding steroid dienone is 1. The van der Waals surface area contributed by atoms with Gasteiger partial charge in [-0.1, -0.05) is 185 Å². The Bertz CT molecular complexity index is 3080. The quantitative estimate of drug-likeness (QED) is 0.0106. The molecule has 0 aromatic heterocycles. The van der Waals surface area contributed by atoms with Gasteiger partial charge < -0.3 is 35.5 Å². The van der Waals surface area contributed by atoms with Gasteiger partial charge in [-0.3, -0.25) is 4.79 Å². The highest BCUT2D eigenvalue weighted by Gasteiger charge is 2.72. The third kappa shape index (κ3) is 9.93. The van der Waals surface area contributed by atoms with Crippen LogP contribution in [0.2, 0.25) is 0 Å². The minimum Gasteiger partial charge on any atom is -0.540 e. The van der Waals surface area contributed by atoms with Gasteiger partial charge in [0.25, 0.3) is 0 Å². The summed E-state index contributed by atoms with van der Waals surface area (Å²) in [6.45, 7) is 5.45. The number of aromatic hydroxyl groups is 2. The van der Waals surface area contributed by atoms with E-state index in [2.05, 4.69) is 33.2 Å². The number of alkyl halides is 1. The lowest BCUT2D eigenvalue weighted by atomic mass is 9.77. The lowest BCUT2D eigenvalue weighted by Crippen LogP contribution is -2.87. The number of aliphatic carboxylic acids is 1. The van der Waals surface area contributed by atoms with Crippen molar-refractivity contribution in [2.75, 3.05) is 10.2 Å². The molecule has 17 heteroatoms. The van der Waals surface area contributed by atoms with Crippen LogP contribution in [0.5, 0.6) is 11.5 Å². The van der Waals surface area contributed by atoms with Gasteiger partial charge in [0.2, 0.25) is 12.0 Å². The number of thioether (sulfide) groups is 1.